The summed E-state index contributed by atoms with van der Waals surface area (Å²) in [7, 11) is -4.66. The number of hydrogen-bond acceptors (Lipinski definition) is 7. The summed E-state index contributed by atoms with van der Waals surface area (Å²) < 4.78 is 6.98. The molecule has 0 aromatic heterocycles. The van der Waals surface area contributed by atoms with Gasteiger partial charge in [0.2, 0.25) is 0 Å². The van der Waals surface area contributed by atoms with Crippen LogP contribution in [0.15, 0.2) is 0 Å². The van der Waals surface area contributed by atoms with E-state index >= 15 is 0 Å². The van der Waals surface area contributed by atoms with E-state index in [0.717, 1.165) is 0 Å². The molecule has 0 atom stereocenters. The van der Waals surface area contributed by atoms with Gasteiger partial charge < -0.3 is 29.4 Å². The summed E-state index contributed by atoms with van der Waals surface area (Å²) in [5, 5.41) is 31.6. The van der Waals surface area contributed by atoms with Crippen molar-refractivity contribution in [2.24, 2.45) is 0 Å². The maximum atomic E-state index is 9.98. The third-order valence-electron chi connectivity index (χ3n) is 0.403. The van der Waals surface area contributed by atoms with Crippen molar-refractivity contribution in [2.45, 2.75) is 0 Å². The molecule has 0 aromatic rings. The second kappa shape index (κ2) is 18.3. The first-order valence-electron chi connectivity index (χ1n) is 2.12. The quantitative estimate of drug-likeness (QED) is 0.204. The van der Waals surface area contributed by atoms with Crippen LogP contribution in [0.2, 0.25) is 0 Å². The molecule has 0 bridgehead atoms. The third kappa shape index (κ3) is 24.2. The number of carbonyl (C=O) groups excluding carboxylic acids is 1. The number of hydrogen-bond donors (Lipinski definition) is 4. The molecule has 7 nitrogen and oxygen atoms in total. The standard InChI is InChI=1S/CH4B2O7.4Pb.8H/c4-1(9-2(5)6)10-3(7)8;;;;;;;;;;;;/h5-8H;;;;;;;;;;;;. The molecular formula is CH12B2O7Pb4. The van der Waals surface area contributed by atoms with Gasteiger partial charge in [0.05, 0.1) is 0 Å². The minimum atomic E-state index is -2.33. The molecule has 0 fully saturated rings. The Kier molecular flexibility index (Phi) is 39.5. The first-order valence-corrected chi connectivity index (χ1v) is 2.12. The molecule has 0 aliphatic heterocycles. The first-order chi connectivity index (χ1) is 4.52. The van der Waals surface area contributed by atoms with Crippen LogP contribution in [0.4, 0.5) is 4.79 Å². The van der Waals surface area contributed by atoms with Crippen LogP contribution >= 0.6 is 0 Å². The van der Waals surface area contributed by atoms with Crippen molar-refractivity contribution < 1.29 is 34.2 Å². The van der Waals surface area contributed by atoms with Crippen LogP contribution in [-0.2, 0) is 9.31 Å². The zero-order valence-corrected chi connectivity index (χ0v) is 29.5. The average Bonchev–Trinajstić information content (AvgIpc) is 1.58. The van der Waals surface area contributed by atoms with Crippen molar-refractivity contribution in [3.05, 3.63) is 0 Å². The molecule has 0 saturated heterocycles. The van der Waals surface area contributed by atoms with Crippen LogP contribution < -0.4 is 0 Å². The predicted molar refractivity (Wildman–Crippen MR) is 62.1 cm³/mol. The van der Waals surface area contributed by atoms with E-state index in [-0.39, 0.29) is 109 Å². The molecule has 4 N–H and O–H groups in total. The summed E-state index contributed by atoms with van der Waals surface area (Å²) >= 11 is 0. The maximum absolute atomic E-state index is 9.98. The monoisotopic (exact) mass is 990 g/mol. The van der Waals surface area contributed by atoms with Gasteiger partial charge in [0, 0.05) is 0 Å². The Balaban J connectivity index is -0.0000000675. The third-order valence-corrected chi connectivity index (χ3v) is 0.403. The van der Waals surface area contributed by atoms with Crippen molar-refractivity contribution in [1.82, 2.24) is 0 Å². The zero-order chi connectivity index (χ0) is 8.15. The molecule has 0 aliphatic rings. The summed E-state index contributed by atoms with van der Waals surface area (Å²) in [6.45, 7) is 0. The van der Waals surface area contributed by atoms with Gasteiger partial charge in [0.25, 0.3) is 0 Å². The molecule has 80 valence electrons. The molecule has 13 heteroatoms. The van der Waals surface area contributed by atoms with E-state index in [2.05, 4.69) is 9.31 Å². The van der Waals surface area contributed by atoms with Crippen molar-refractivity contribution in [2.75, 3.05) is 0 Å². The van der Waals surface area contributed by atoms with E-state index < -0.39 is 20.8 Å². The van der Waals surface area contributed by atoms with Gasteiger partial charge in [-0.25, -0.2) is 4.79 Å². The second-order valence-corrected chi connectivity index (χ2v) is 1.14. The number of carbonyl (C=O) groups is 1. The van der Waals surface area contributed by atoms with Crippen molar-refractivity contribution >= 4 is 130 Å². The van der Waals surface area contributed by atoms with E-state index in [1.807, 2.05) is 0 Å². The molecule has 8 radical (unpaired) electrons. The van der Waals surface area contributed by atoms with Crippen LogP contribution in [0.25, 0.3) is 0 Å². The fraction of sp³-hybridized carbons (Fsp3) is 0. The van der Waals surface area contributed by atoms with E-state index in [1.165, 1.54) is 0 Å². The Morgan fingerprint density at radius 2 is 1.00 bits per heavy atom. The van der Waals surface area contributed by atoms with E-state index in [4.69, 9.17) is 20.1 Å². The van der Waals surface area contributed by atoms with Gasteiger partial charge in [-0.1, -0.05) is 0 Å². The fourth-order valence-corrected chi connectivity index (χ4v) is 0.200. The molecule has 0 saturated carbocycles. The zero-order valence-electron chi connectivity index (χ0n) is 7.50. The van der Waals surface area contributed by atoms with E-state index in [0.29, 0.717) is 0 Å². The van der Waals surface area contributed by atoms with E-state index in [9.17, 15) is 4.79 Å². The Labute approximate surface area is 161 Å². The fourth-order valence-electron chi connectivity index (χ4n) is 0.200. The molecule has 0 amide bonds. The summed E-state index contributed by atoms with van der Waals surface area (Å²) in [6.07, 6.45) is -1.59. The predicted octanol–water partition coefficient (Wildman–Crippen LogP) is -6.59. The Bertz CT molecular complexity index is 110. The minimum absolute atomic E-state index is 0. The molecule has 0 aromatic carbocycles. The Morgan fingerprint density at radius 1 is 0.786 bits per heavy atom. The summed E-state index contributed by atoms with van der Waals surface area (Å²) in [4.78, 5) is 9.98. The second-order valence-electron chi connectivity index (χ2n) is 1.14. The van der Waals surface area contributed by atoms with Gasteiger partial charge >= 0.3 is 130 Å². The number of rotatable bonds is 2. The molecule has 0 unspecified atom stereocenters. The molecule has 0 heterocycles. The molecular weight excluding hydrogens is 974 g/mol. The van der Waals surface area contributed by atoms with Crippen LogP contribution in [0.1, 0.15) is 0 Å². The van der Waals surface area contributed by atoms with Crippen LogP contribution in [-0.4, -0.2) is 150 Å². The summed E-state index contributed by atoms with van der Waals surface area (Å²) in [5.41, 5.74) is 0. The Hall–Kier alpha value is 2.93. The van der Waals surface area contributed by atoms with Crippen LogP contribution in [0.3, 0.4) is 0 Å². The normalized spacial score (nSPS) is 6.00. The molecule has 0 aliphatic carbocycles. The van der Waals surface area contributed by atoms with E-state index in [1.54, 1.807) is 0 Å². The average molecular weight is 987 g/mol. The molecule has 14 heavy (non-hydrogen) atoms. The Morgan fingerprint density at radius 3 is 1.14 bits per heavy atom. The van der Waals surface area contributed by atoms with Crippen molar-refractivity contribution in [1.29, 1.82) is 0 Å². The van der Waals surface area contributed by atoms with Crippen LogP contribution in [0.5, 0.6) is 0 Å². The van der Waals surface area contributed by atoms with Gasteiger partial charge in [-0.15, -0.1) is 0 Å². The van der Waals surface area contributed by atoms with Gasteiger partial charge in [-0.3, -0.25) is 0 Å². The summed E-state index contributed by atoms with van der Waals surface area (Å²) in [6, 6.07) is 0. The first kappa shape index (κ1) is 30.2. The van der Waals surface area contributed by atoms with Crippen molar-refractivity contribution in [3.63, 3.8) is 0 Å². The van der Waals surface area contributed by atoms with Crippen LogP contribution in [0, 0.1) is 0 Å². The summed E-state index contributed by atoms with van der Waals surface area (Å²) in [5.74, 6) is 0. The van der Waals surface area contributed by atoms with Gasteiger partial charge in [-0.2, -0.15) is 0 Å². The molecule has 0 rings (SSSR count). The van der Waals surface area contributed by atoms with Crippen molar-refractivity contribution in [3.8, 4) is 0 Å². The van der Waals surface area contributed by atoms with Gasteiger partial charge in [0.1, 0.15) is 0 Å². The topological polar surface area (TPSA) is 116 Å². The SMILES string of the molecule is O=C(OB(O)O)OB(O)O.[PbH2].[PbH2].[PbH2].[PbH2]. The van der Waals surface area contributed by atoms with Gasteiger partial charge in [0.15, 0.2) is 0 Å². The molecule has 0 spiro atoms. The van der Waals surface area contributed by atoms with Gasteiger partial charge in [-0.05, 0) is 0 Å².